The molecule has 1 amide bonds. The van der Waals surface area contributed by atoms with Crippen molar-refractivity contribution in [2.75, 3.05) is 10.5 Å². The van der Waals surface area contributed by atoms with Crippen LogP contribution in [0, 0.1) is 0 Å². The number of amides is 1. The van der Waals surface area contributed by atoms with Crippen LogP contribution in [0.15, 0.2) is 64.9 Å². The van der Waals surface area contributed by atoms with Gasteiger partial charge in [-0.2, -0.15) is 0 Å². The van der Waals surface area contributed by atoms with Gasteiger partial charge in [-0.05, 0) is 23.8 Å². The topological polar surface area (TPSA) is 89.3 Å². The van der Waals surface area contributed by atoms with E-state index in [1.807, 2.05) is 36.4 Å². The van der Waals surface area contributed by atoms with E-state index in [0.717, 1.165) is 15.9 Å². The third kappa shape index (κ3) is 6.10. The van der Waals surface area contributed by atoms with Gasteiger partial charge in [-0.15, -0.1) is 11.8 Å². The molecular weight excluding hydrogens is 344 g/mol. The van der Waals surface area contributed by atoms with Gasteiger partial charge in [0.25, 0.3) is 10.0 Å². The van der Waals surface area contributed by atoms with Crippen LogP contribution in [0.2, 0.25) is 0 Å². The second-order valence-electron chi connectivity index (χ2n) is 4.92. The number of primary amides is 1. The summed E-state index contributed by atoms with van der Waals surface area (Å²) in [6.45, 7) is 0. The Kier molecular flexibility index (Phi) is 6.45. The molecule has 0 spiro atoms. The summed E-state index contributed by atoms with van der Waals surface area (Å²) >= 11 is 1.38. The largest absolute Gasteiger partial charge is 0.370 e. The first-order valence-corrected chi connectivity index (χ1v) is 9.75. The Morgan fingerprint density at radius 3 is 2.46 bits per heavy atom. The lowest BCUT2D eigenvalue weighted by Crippen LogP contribution is -2.11. The van der Waals surface area contributed by atoms with Crippen molar-refractivity contribution in [3.05, 3.63) is 65.6 Å². The highest BCUT2D eigenvalue weighted by Gasteiger charge is 2.10. The first kappa shape index (κ1) is 18.1. The quantitative estimate of drug-likeness (QED) is 0.706. The third-order valence-electron chi connectivity index (χ3n) is 2.98. The molecule has 0 saturated carbocycles. The second-order valence-corrected chi connectivity index (χ2v) is 7.62. The number of carbonyl (C=O) groups is 1. The predicted octanol–water partition coefficient (Wildman–Crippen LogP) is 3.07. The number of para-hydroxylation sites is 1. The number of anilines is 1. The van der Waals surface area contributed by atoms with Crippen molar-refractivity contribution < 1.29 is 13.2 Å². The first-order chi connectivity index (χ1) is 11.5. The number of carbonyl (C=O) groups excluding carboxylic acids is 1. The zero-order valence-electron chi connectivity index (χ0n) is 12.9. The minimum absolute atomic E-state index is 0.236. The van der Waals surface area contributed by atoms with Crippen LogP contribution >= 0.6 is 11.8 Å². The molecule has 0 fully saturated rings. The van der Waals surface area contributed by atoms with Gasteiger partial charge in [-0.1, -0.05) is 42.5 Å². The number of nitrogens with one attached hydrogen (secondary N) is 1. The summed E-state index contributed by atoms with van der Waals surface area (Å²) in [5.41, 5.74) is 6.39. The third-order valence-corrected chi connectivity index (χ3v) is 5.06. The fourth-order valence-corrected chi connectivity index (χ4v) is 3.78. The highest BCUT2D eigenvalue weighted by atomic mass is 32.2. The highest BCUT2D eigenvalue weighted by molar-refractivity contribution is 7.99. The van der Waals surface area contributed by atoms with Crippen LogP contribution in [0.3, 0.4) is 0 Å². The van der Waals surface area contributed by atoms with Crippen molar-refractivity contribution >= 4 is 39.5 Å². The monoisotopic (exact) mass is 362 g/mol. The molecule has 0 aliphatic carbocycles. The Labute approximate surface area is 146 Å². The van der Waals surface area contributed by atoms with Crippen LogP contribution in [-0.2, 0) is 14.8 Å². The van der Waals surface area contributed by atoms with Gasteiger partial charge in [0.15, 0.2) is 0 Å². The van der Waals surface area contributed by atoms with Gasteiger partial charge in [0.2, 0.25) is 5.91 Å². The fourth-order valence-electron chi connectivity index (χ4n) is 1.86. The summed E-state index contributed by atoms with van der Waals surface area (Å²) in [6, 6.07) is 16.2. The molecule has 0 unspecified atom stereocenters. The molecule has 0 aliphatic heterocycles. The van der Waals surface area contributed by atoms with Crippen molar-refractivity contribution in [3.63, 3.8) is 0 Å². The number of thioether (sulfide) groups is 1. The lowest BCUT2D eigenvalue weighted by molar-refractivity contribution is -0.117. The lowest BCUT2D eigenvalue weighted by atomic mass is 10.2. The zero-order valence-corrected chi connectivity index (χ0v) is 14.5. The summed E-state index contributed by atoms with van der Waals surface area (Å²) in [7, 11) is -3.63. The van der Waals surface area contributed by atoms with Crippen LogP contribution in [-0.4, -0.2) is 20.1 Å². The fraction of sp³-hybridized carbons (Fsp3) is 0.118. The van der Waals surface area contributed by atoms with E-state index in [0.29, 0.717) is 11.4 Å². The number of rotatable bonds is 8. The molecule has 7 heteroatoms. The minimum atomic E-state index is -3.63. The van der Waals surface area contributed by atoms with Crippen molar-refractivity contribution in [2.45, 2.75) is 11.3 Å². The van der Waals surface area contributed by atoms with Crippen molar-refractivity contribution in [3.8, 4) is 0 Å². The van der Waals surface area contributed by atoms with E-state index in [4.69, 9.17) is 5.73 Å². The smallest absolute Gasteiger partial charge is 0.255 e. The molecule has 2 aromatic carbocycles. The average molecular weight is 362 g/mol. The van der Waals surface area contributed by atoms with Crippen LogP contribution < -0.4 is 10.5 Å². The van der Waals surface area contributed by atoms with Crippen LogP contribution in [0.5, 0.6) is 0 Å². The molecular formula is C17H18N2O3S2. The number of benzene rings is 2. The second kappa shape index (κ2) is 8.56. The molecule has 0 bridgehead atoms. The summed E-state index contributed by atoms with van der Waals surface area (Å²) in [6.07, 6.45) is 1.77. The number of hydrogen-bond donors (Lipinski definition) is 2. The molecule has 2 rings (SSSR count). The molecule has 5 nitrogen and oxygen atoms in total. The summed E-state index contributed by atoms with van der Waals surface area (Å²) < 4.78 is 27.0. The molecule has 0 aromatic heterocycles. The maximum Gasteiger partial charge on any atom is 0.255 e. The maximum absolute atomic E-state index is 12.2. The molecule has 2 aromatic rings. The van der Waals surface area contributed by atoms with Gasteiger partial charge in [-0.3, -0.25) is 9.52 Å². The number of nitrogens with two attached hydrogens (primary N) is 1. The zero-order chi connectivity index (χ0) is 17.4. The van der Waals surface area contributed by atoms with E-state index in [9.17, 15) is 13.2 Å². The standard InChI is InChI=1S/C17H18N2O3S2/c18-17(20)10-12-23-16-9-5-4-8-15(16)19-24(21,22)13-11-14-6-2-1-3-7-14/h1-9,11,13,19H,10,12H2,(H2,18,20)/b13-11+. The van der Waals surface area contributed by atoms with Crippen LogP contribution in [0.25, 0.3) is 6.08 Å². The van der Waals surface area contributed by atoms with E-state index >= 15 is 0 Å². The molecule has 126 valence electrons. The first-order valence-electron chi connectivity index (χ1n) is 7.22. The molecule has 0 saturated heterocycles. The van der Waals surface area contributed by atoms with Crippen molar-refractivity contribution in [2.24, 2.45) is 5.73 Å². The average Bonchev–Trinajstić information content (AvgIpc) is 2.55. The van der Waals surface area contributed by atoms with Gasteiger partial charge in [0.05, 0.1) is 11.1 Å². The summed E-state index contributed by atoms with van der Waals surface area (Å²) in [5.74, 6) is 0.111. The molecule has 0 radical (unpaired) electrons. The summed E-state index contributed by atoms with van der Waals surface area (Å²) in [4.78, 5) is 11.6. The molecule has 24 heavy (non-hydrogen) atoms. The van der Waals surface area contributed by atoms with E-state index < -0.39 is 10.0 Å². The molecule has 3 N–H and O–H groups in total. The van der Waals surface area contributed by atoms with E-state index in [2.05, 4.69) is 4.72 Å². The van der Waals surface area contributed by atoms with Crippen molar-refractivity contribution in [1.29, 1.82) is 0 Å². The Morgan fingerprint density at radius 2 is 1.75 bits per heavy atom. The lowest BCUT2D eigenvalue weighted by Gasteiger charge is -2.10. The van der Waals surface area contributed by atoms with Gasteiger partial charge in [-0.25, -0.2) is 8.42 Å². The SMILES string of the molecule is NC(=O)CCSc1ccccc1NS(=O)(=O)/C=C/c1ccccc1. The normalized spacial score (nSPS) is 11.5. The van der Waals surface area contributed by atoms with Gasteiger partial charge in [0.1, 0.15) is 0 Å². The molecule has 0 heterocycles. The Balaban J connectivity index is 2.09. The van der Waals surface area contributed by atoms with Crippen LogP contribution in [0.4, 0.5) is 5.69 Å². The molecule has 0 aliphatic rings. The van der Waals surface area contributed by atoms with Crippen molar-refractivity contribution in [1.82, 2.24) is 0 Å². The van der Waals surface area contributed by atoms with Gasteiger partial charge < -0.3 is 5.73 Å². The maximum atomic E-state index is 12.2. The van der Waals surface area contributed by atoms with E-state index in [1.54, 1.807) is 18.2 Å². The summed E-state index contributed by atoms with van der Waals surface area (Å²) in [5, 5.41) is 1.13. The minimum Gasteiger partial charge on any atom is -0.370 e. The Hall–Kier alpha value is -2.25. The van der Waals surface area contributed by atoms with E-state index in [1.165, 1.54) is 17.8 Å². The van der Waals surface area contributed by atoms with Gasteiger partial charge in [0, 0.05) is 17.1 Å². The Bertz CT molecular complexity index is 819. The van der Waals surface area contributed by atoms with E-state index in [-0.39, 0.29) is 12.3 Å². The number of sulfonamides is 1. The van der Waals surface area contributed by atoms with Crippen LogP contribution in [0.1, 0.15) is 12.0 Å². The highest BCUT2D eigenvalue weighted by Crippen LogP contribution is 2.28. The predicted molar refractivity (Wildman–Crippen MR) is 99.0 cm³/mol. The van der Waals surface area contributed by atoms with Gasteiger partial charge >= 0.3 is 0 Å². The molecule has 0 atom stereocenters. The Morgan fingerprint density at radius 1 is 1.08 bits per heavy atom. The number of hydrogen-bond acceptors (Lipinski definition) is 4.